The van der Waals surface area contributed by atoms with E-state index in [4.69, 9.17) is 13.9 Å². The molecule has 1 aromatic heterocycles. The number of ketones is 2. The molecule has 34 heavy (non-hydrogen) atoms. The standard InChI is InChI=1S/C27H25NO6/c1-15(28-11-6-7-12-28)14-19(20-22(29)16-8-4-5-9-17(16)23(20)30)21-24(31)27(33-3)26-18(10-13-34-26)25(21)32-2/h4-5,8-10,13-14,31H,6-7,11-12H2,1-3H3. The highest BCUT2D eigenvalue weighted by atomic mass is 16.5. The summed E-state index contributed by atoms with van der Waals surface area (Å²) in [6.07, 6.45) is 5.41. The van der Waals surface area contributed by atoms with E-state index >= 15 is 0 Å². The summed E-state index contributed by atoms with van der Waals surface area (Å²) >= 11 is 0. The molecule has 174 valence electrons. The Kier molecular flexibility index (Phi) is 5.40. The smallest absolute Gasteiger partial charge is 0.205 e. The number of methoxy groups -OCH3 is 2. The van der Waals surface area contributed by atoms with Crippen LogP contribution >= 0.6 is 0 Å². The highest BCUT2D eigenvalue weighted by Crippen LogP contribution is 2.50. The maximum Gasteiger partial charge on any atom is 0.205 e. The third-order valence-corrected chi connectivity index (χ3v) is 6.57. The van der Waals surface area contributed by atoms with E-state index in [2.05, 4.69) is 4.90 Å². The Balaban J connectivity index is 1.86. The lowest BCUT2D eigenvalue weighted by Crippen LogP contribution is -2.17. The van der Waals surface area contributed by atoms with E-state index in [9.17, 15) is 14.7 Å². The first-order valence-corrected chi connectivity index (χ1v) is 11.2. The van der Waals surface area contributed by atoms with Crippen molar-refractivity contribution in [2.24, 2.45) is 0 Å². The number of carbonyl (C=O) groups is 2. The highest BCUT2D eigenvalue weighted by molar-refractivity contribution is 6.43. The molecule has 5 rings (SSSR count). The average Bonchev–Trinajstić information content (AvgIpc) is 3.59. The van der Waals surface area contributed by atoms with E-state index in [1.54, 1.807) is 36.4 Å². The van der Waals surface area contributed by atoms with Gasteiger partial charge >= 0.3 is 0 Å². The van der Waals surface area contributed by atoms with Gasteiger partial charge in [0.1, 0.15) is 5.75 Å². The Morgan fingerprint density at radius 2 is 1.62 bits per heavy atom. The molecule has 7 heteroatoms. The lowest BCUT2D eigenvalue weighted by atomic mass is 9.92. The minimum Gasteiger partial charge on any atom is -0.504 e. The van der Waals surface area contributed by atoms with Crippen molar-refractivity contribution in [3.8, 4) is 17.2 Å². The molecule has 1 aliphatic heterocycles. The zero-order valence-corrected chi connectivity index (χ0v) is 19.3. The summed E-state index contributed by atoms with van der Waals surface area (Å²) in [5.74, 6) is -0.614. The first kappa shape index (κ1) is 21.8. The molecule has 1 aliphatic carbocycles. The second-order valence-corrected chi connectivity index (χ2v) is 8.43. The molecule has 3 aromatic rings. The minimum atomic E-state index is -0.381. The third kappa shape index (κ3) is 3.19. The average molecular weight is 459 g/mol. The quantitative estimate of drug-likeness (QED) is 0.425. The van der Waals surface area contributed by atoms with Gasteiger partial charge in [0, 0.05) is 35.5 Å². The number of Topliss-reactive ketones (excluding diaryl/α,β-unsaturated/α-hetero) is 2. The molecule has 2 heterocycles. The number of carbonyl (C=O) groups excluding carboxylic acids is 2. The van der Waals surface area contributed by atoms with Crippen LogP contribution < -0.4 is 9.47 Å². The number of phenols is 1. The van der Waals surface area contributed by atoms with E-state index in [-0.39, 0.29) is 34.2 Å². The number of furan rings is 1. The van der Waals surface area contributed by atoms with E-state index in [0.717, 1.165) is 31.6 Å². The van der Waals surface area contributed by atoms with Crippen LogP contribution in [0.4, 0.5) is 0 Å². The van der Waals surface area contributed by atoms with E-state index in [1.165, 1.54) is 20.5 Å². The van der Waals surface area contributed by atoms with Gasteiger partial charge in [-0.2, -0.15) is 0 Å². The van der Waals surface area contributed by atoms with Crippen LogP contribution in [-0.2, 0) is 0 Å². The predicted octanol–water partition coefficient (Wildman–Crippen LogP) is 4.99. The van der Waals surface area contributed by atoms with Crippen molar-refractivity contribution in [3.63, 3.8) is 0 Å². The van der Waals surface area contributed by atoms with Crippen molar-refractivity contribution in [2.45, 2.75) is 19.8 Å². The second-order valence-electron chi connectivity index (χ2n) is 8.43. The van der Waals surface area contributed by atoms with Crippen molar-refractivity contribution >= 4 is 28.1 Å². The van der Waals surface area contributed by atoms with Gasteiger partial charge in [0.25, 0.3) is 0 Å². The zero-order chi connectivity index (χ0) is 24.0. The number of phenolic OH excluding ortho intramolecular Hbond substituents is 1. The van der Waals surface area contributed by atoms with Crippen molar-refractivity contribution < 1.29 is 28.6 Å². The van der Waals surface area contributed by atoms with Gasteiger partial charge in [-0.25, -0.2) is 0 Å². The lowest BCUT2D eigenvalue weighted by molar-refractivity contribution is 0.0990. The van der Waals surface area contributed by atoms with Crippen molar-refractivity contribution in [3.05, 3.63) is 70.6 Å². The Labute approximate surface area is 196 Å². The predicted molar refractivity (Wildman–Crippen MR) is 128 cm³/mol. The number of allylic oxidation sites excluding steroid dienone is 4. The fourth-order valence-corrected chi connectivity index (χ4v) is 4.91. The topological polar surface area (TPSA) is 89.2 Å². The van der Waals surface area contributed by atoms with Gasteiger partial charge in [-0.05, 0) is 31.9 Å². The number of hydrogen-bond acceptors (Lipinski definition) is 7. The van der Waals surface area contributed by atoms with Crippen LogP contribution in [0.3, 0.4) is 0 Å². The molecule has 2 aliphatic rings. The van der Waals surface area contributed by atoms with Gasteiger partial charge in [0.2, 0.25) is 5.75 Å². The van der Waals surface area contributed by atoms with Crippen molar-refractivity contribution in [1.82, 2.24) is 4.90 Å². The van der Waals surface area contributed by atoms with Crippen molar-refractivity contribution in [2.75, 3.05) is 27.3 Å². The molecular weight excluding hydrogens is 434 g/mol. The van der Waals surface area contributed by atoms with Crippen LogP contribution in [0.1, 0.15) is 46.0 Å². The fourth-order valence-electron chi connectivity index (χ4n) is 4.91. The summed E-state index contributed by atoms with van der Waals surface area (Å²) in [6.45, 7) is 3.72. The number of nitrogens with zero attached hydrogens (tertiary/aromatic N) is 1. The van der Waals surface area contributed by atoms with Crippen LogP contribution in [0, 0.1) is 0 Å². The van der Waals surface area contributed by atoms with Gasteiger partial charge < -0.3 is 23.9 Å². The summed E-state index contributed by atoms with van der Waals surface area (Å²) in [5, 5.41) is 11.9. The van der Waals surface area contributed by atoms with Gasteiger partial charge in [-0.3, -0.25) is 9.59 Å². The molecule has 0 unspecified atom stereocenters. The maximum atomic E-state index is 13.5. The fraction of sp³-hybridized carbons (Fsp3) is 0.259. The molecule has 0 atom stereocenters. The highest BCUT2D eigenvalue weighted by Gasteiger charge is 2.37. The SMILES string of the molecule is COc1c(C(C=C(C)N2CCCC2)=C2C(=O)c3ccccc3C2=O)c(O)c(OC)c2occc12. The Morgan fingerprint density at radius 3 is 2.21 bits per heavy atom. The maximum absolute atomic E-state index is 13.5. The number of likely N-dealkylation sites (tertiary alicyclic amines) is 1. The monoisotopic (exact) mass is 459 g/mol. The molecule has 0 amide bonds. The van der Waals surface area contributed by atoms with Gasteiger partial charge in [-0.15, -0.1) is 0 Å². The largest absolute Gasteiger partial charge is 0.504 e. The first-order valence-electron chi connectivity index (χ1n) is 11.2. The minimum absolute atomic E-state index is 0.00163. The van der Waals surface area contributed by atoms with Gasteiger partial charge in [-0.1, -0.05) is 24.3 Å². The summed E-state index contributed by atoms with van der Waals surface area (Å²) in [6, 6.07) is 8.46. The Hall–Kier alpha value is -4.00. The molecule has 0 radical (unpaired) electrons. The van der Waals surface area contributed by atoms with E-state index in [0.29, 0.717) is 33.4 Å². The van der Waals surface area contributed by atoms with Crippen LogP contribution in [0.15, 0.2) is 58.4 Å². The first-order chi connectivity index (χ1) is 16.5. The molecule has 0 bridgehead atoms. The second kappa shape index (κ2) is 8.41. The molecule has 1 fully saturated rings. The summed E-state index contributed by atoms with van der Waals surface area (Å²) in [7, 11) is 2.90. The van der Waals surface area contributed by atoms with Crippen LogP contribution in [0.25, 0.3) is 16.5 Å². The number of ether oxygens (including phenoxy) is 2. The molecule has 1 N–H and O–H groups in total. The molecule has 0 spiro atoms. The Morgan fingerprint density at radius 1 is 1.00 bits per heavy atom. The van der Waals surface area contributed by atoms with Crippen molar-refractivity contribution in [1.29, 1.82) is 0 Å². The summed E-state index contributed by atoms with van der Waals surface area (Å²) in [4.78, 5) is 29.2. The van der Waals surface area contributed by atoms with Gasteiger partial charge in [0.05, 0.1) is 37.0 Å². The molecule has 7 nitrogen and oxygen atoms in total. The number of rotatable bonds is 5. The van der Waals surface area contributed by atoms with E-state index in [1.807, 2.05) is 6.92 Å². The van der Waals surface area contributed by atoms with Crippen LogP contribution in [-0.4, -0.2) is 48.9 Å². The molecule has 1 saturated heterocycles. The van der Waals surface area contributed by atoms with Crippen LogP contribution in [0.2, 0.25) is 0 Å². The van der Waals surface area contributed by atoms with E-state index < -0.39 is 0 Å². The van der Waals surface area contributed by atoms with Gasteiger partial charge in [0.15, 0.2) is 22.9 Å². The molecule has 2 aromatic carbocycles. The number of benzene rings is 2. The summed E-state index contributed by atoms with van der Waals surface area (Å²) in [5.41, 5.74) is 2.42. The van der Waals surface area contributed by atoms with Crippen LogP contribution in [0.5, 0.6) is 17.2 Å². The normalized spacial score (nSPS) is 15.9. The molecule has 0 saturated carbocycles. The number of hydrogen-bond donors (Lipinski definition) is 1. The molecular formula is C27H25NO6. The Bertz CT molecular complexity index is 1350. The lowest BCUT2D eigenvalue weighted by Gasteiger charge is -2.21. The third-order valence-electron chi connectivity index (χ3n) is 6.57. The number of aromatic hydroxyl groups is 1. The number of fused-ring (bicyclic) bond motifs is 2. The summed E-state index contributed by atoms with van der Waals surface area (Å²) < 4.78 is 16.7. The zero-order valence-electron chi connectivity index (χ0n) is 19.3.